The quantitative estimate of drug-likeness (QED) is 0.822. The molecule has 0 unspecified atom stereocenters. The highest BCUT2D eigenvalue weighted by Gasteiger charge is 2.19. The van der Waals surface area contributed by atoms with Crippen molar-refractivity contribution >= 4 is 22.5 Å². The molecule has 1 aromatic carbocycles. The van der Waals surface area contributed by atoms with Gasteiger partial charge in [-0.25, -0.2) is 0 Å². The van der Waals surface area contributed by atoms with Crippen LogP contribution in [0.3, 0.4) is 0 Å². The number of nitrogens with zero attached hydrogens (tertiary/aromatic N) is 1. The van der Waals surface area contributed by atoms with Crippen LogP contribution in [0.4, 0.5) is 0 Å². The van der Waals surface area contributed by atoms with Gasteiger partial charge in [0.25, 0.3) is 0 Å². The number of aromatic amines is 1. The lowest BCUT2D eigenvalue weighted by Gasteiger charge is -2.22. The molecule has 0 spiro atoms. The molecule has 0 saturated carbocycles. The summed E-state index contributed by atoms with van der Waals surface area (Å²) in [6, 6.07) is 6.06. The first kappa shape index (κ1) is 10.5. The number of nitrogens with one attached hydrogen (secondary N) is 1. The summed E-state index contributed by atoms with van der Waals surface area (Å²) in [7, 11) is 0. The van der Waals surface area contributed by atoms with Gasteiger partial charge in [-0.3, -0.25) is 5.10 Å². The van der Waals surface area contributed by atoms with Crippen LogP contribution in [0.25, 0.3) is 10.9 Å². The SMILES string of the molecule is CC(C)(CN)c1ccc2c(Cl)[nH]nc2c1. The van der Waals surface area contributed by atoms with Crippen molar-refractivity contribution in [3.8, 4) is 0 Å². The van der Waals surface area contributed by atoms with Gasteiger partial charge in [0.15, 0.2) is 0 Å². The van der Waals surface area contributed by atoms with Gasteiger partial charge in [0.05, 0.1) is 5.52 Å². The Morgan fingerprint density at radius 3 is 2.87 bits per heavy atom. The van der Waals surface area contributed by atoms with E-state index in [9.17, 15) is 0 Å². The van der Waals surface area contributed by atoms with E-state index in [2.05, 4.69) is 30.1 Å². The van der Waals surface area contributed by atoms with Crippen molar-refractivity contribution in [2.75, 3.05) is 6.54 Å². The number of H-pyrrole nitrogens is 1. The van der Waals surface area contributed by atoms with Crippen molar-refractivity contribution in [1.29, 1.82) is 0 Å². The lowest BCUT2D eigenvalue weighted by molar-refractivity contribution is 0.539. The first-order valence-electron chi connectivity index (χ1n) is 4.89. The second-order valence-corrected chi connectivity index (χ2v) is 4.74. The lowest BCUT2D eigenvalue weighted by Crippen LogP contribution is -2.27. The molecule has 0 amide bonds. The zero-order valence-corrected chi connectivity index (χ0v) is 9.60. The predicted molar refractivity (Wildman–Crippen MR) is 63.2 cm³/mol. The fourth-order valence-corrected chi connectivity index (χ4v) is 1.72. The number of hydrogen-bond acceptors (Lipinski definition) is 2. The molecule has 15 heavy (non-hydrogen) atoms. The third-order valence-corrected chi connectivity index (χ3v) is 3.09. The Balaban J connectivity index is 2.57. The molecule has 0 atom stereocenters. The predicted octanol–water partition coefficient (Wildman–Crippen LogP) is 2.45. The minimum atomic E-state index is -0.0282. The molecule has 2 rings (SSSR count). The topological polar surface area (TPSA) is 54.7 Å². The molecule has 3 nitrogen and oxygen atoms in total. The number of nitrogens with two attached hydrogens (primary N) is 1. The monoisotopic (exact) mass is 223 g/mol. The highest BCUT2D eigenvalue weighted by Crippen LogP contribution is 2.27. The van der Waals surface area contributed by atoms with Gasteiger partial charge < -0.3 is 5.73 Å². The molecule has 3 N–H and O–H groups in total. The molecule has 0 fully saturated rings. The smallest absolute Gasteiger partial charge is 0.132 e. The molecule has 80 valence electrons. The molecule has 0 bridgehead atoms. The largest absolute Gasteiger partial charge is 0.330 e. The molecule has 0 radical (unpaired) electrons. The van der Waals surface area contributed by atoms with Crippen LogP contribution in [-0.2, 0) is 5.41 Å². The Labute approximate surface area is 93.6 Å². The maximum atomic E-state index is 5.93. The standard InChI is InChI=1S/C11H14ClN3/c1-11(2,6-13)7-3-4-8-9(5-7)14-15-10(8)12/h3-5H,6,13H2,1-2H3,(H,14,15). The fraction of sp³-hybridized carbons (Fsp3) is 0.364. The normalized spacial score (nSPS) is 12.3. The van der Waals surface area contributed by atoms with Crippen molar-refractivity contribution in [2.45, 2.75) is 19.3 Å². The average Bonchev–Trinajstić information content (AvgIpc) is 2.60. The minimum absolute atomic E-state index is 0.0282. The van der Waals surface area contributed by atoms with E-state index in [1.54, 1.807) is 0 Å². The molecular formula is C11H14ClN3. The Bertz CT molecular complexity index is 488. The van der Waals surface area contributed by atoms with E-state index in [0.717, 1.165) is 10.9 Å². The molecule has 0 aliphatic heterocycles. The van der Waals surface area contributed by atoms with E-state index in [4.69, 9.17) is 17.3 Å². The van der Waals surface area contributed by atoms with Crippen LogP contribution in [0.1, 0.15) is 19.4 Å². The average molecular weight is 224 g/mol. The summed E-state index contributed by atoms with van der Waals surface area (Å²) in [5.41, 5.74) is 7.77. The van der Waals surface area contributed by atoms with Gasteiger partial charge >= 0.3 is 0 Å². The van der Waals surface area contributed by atoms with Gasteiger partial charge in [-0.15, -0.1) is 0 Å². The van der Waals surface area contributed by atoms with Crippen LogP contribution in [0.2, 0.25) is 5.15 Å². The first-order chi connectivity index (χ1) is 7.04. The van der Waals surface area contributed by atoms with Gasteiger partial charge in [0, 0.05) is 17.3 Å². The summed E-state index contributed by atoms with van der Waals surface area (Å²) < 4.78 is 0. The number of hydrogen-bond donors (Lipinski definition) is 2. The fourth-order valence-electron chi connectivity index (χ4n) is 1.52. The van der Waals surface area contributed by atoms with Crippen LogP contribution in [0.5, 0.6) is 0 Å². The first-order valence-corrected chi connectivity index (χ1v) is 5.26. The summed E-state index contributed by atoms with van der Waals surface area (Å²) in [5, 5.41) is 8.42. The van der Waals surface area contributed by atoms with E-state index in [0.29, 0.717) is 11.7 Å². The Morgan fingerprint density at radius 2 is 2.20 bits per heavy atom. The van der Waals surface area contributed by atoms with Crippen molar-refractivity contribution < 1.29 is 0 Å². The van der Waals surface area contributed by atoms with Gasteiger partial charge in [-0.2, -0.15) is 5.10 Å². The van der Waals surface area contributed by atoms with Crippen molar-refractivity contribution in [2.24, 2.45) is 5.73 Å². The molecule has 4 heteroatoms. The third-order valence-electron chi connectivity index (χ3n) is 2.80. The zero-order valence-electron chi connectivity index (χ0n) is 8.84. The zero-order chi connectivity index (χ0) is 11.1. The second-order valence-electron chi connectivity index (χ2n) is 4.36. The van der Waals surface area contributed by atoms with Crippen molar-refractivity contribution in [3.05, 3.63) is 28.9 Å². The lowest BCUT2D eigenvalue weighted by atomic mass is 9.84. The third kappa shape index (κ3) is 1.73. The molecule has 1 aromatic heterocycles. The van der Waals surface area contributed by atoms with Crippen LogP contribution >= 0.6 is 11.6 Å². The van der Waals surface area contributed by atoms with Crippen LogP contribution < -0.4 is 5.73 Å². The summed E-state index contributed by atoms with van der Waals surface area (Å²) in [6.45, 7) is 4.83. The highest BCUT2D eigenvalue weighted by atomic mass is 35.5. The van der Waals surface area contributed by atoms with E-state index in [1.165, 1.54) is 5.56 Å². The highest BCUT2D eigenvalue weighted by molar-refractivity contribution is 6.34. The Hall–Kier alpha value is -1.06. The van der Waals surface area contributed by atoms with Crippen LogP contribution in [0.15, 0.2) is 18.2 Å². The maximum absolute atomic E-state index is 5.93. The number of rotatable bonds is 2. The van der Waals surface area contributed by atoms with E-state index in [1.807, 2.05) is 12.1 Å². The summed E-state index contributed by atoms with van der Waals surface area (Å²) in [5.74, 6) is 0. The maximum Gasteiger partial charge on any atom is 0.132 e. The van der Waals surface area contributed by atoms with Gasteiger partial charge in [0.2, 0.25) is 0 Å². The second kappa shape index (κ2) is 3.51. The van der Waals surface area contributed by atoms with E-state index >= 15 is 0 Å². The van der Waals surface area contributed by atoms with Gasteiger partial charge in [-0.1, -0.05) is 31.5 Å². The van der Waals surface area contributed by atoms with Crippen LogP contribution in [0, 0.1) is 0 Å². The summed E-state index contributed by atoms with van der Waals surface area (Å²) in [4.78, 5) is 0. The minimum Gasteiger partial charge on any atom is -0.330 e. The number of fused-ring (bicyclic) bond motifs is 1. The van der Waals surface area contributed by atoms with E-state index < -0.39 is 0 Å². The molecule has 1 heterocycles. The van der Waals surface area contributed by atoms with Crippen molar-refractivity contribution in [3.63, 3.8) is 0 Å². The molecular weight excluding hydrogens is 210 g/mol. The summed E-state index contributed by atoms with van der Waals surface area (Å²) >= 11 is 5.93. The Morgan fingerprint density at radius 1 is 1.47 bits per heavy atom. The molecule has 0 aliphatic rings. The van der Waals surface area contributed by atoms with Crippen molar-refractivity contribution in [1.82, 2.24) is 10.2 Å². The Kier molecular flexibility index (Phi) is 2.44. The van der Waals surface area contributed by atoms with Gasteiger partial charge in [0.1, 0.15) is 5.15 Å². The number of aromatic nitrogens is 2. The van der Waals surface area contributed by atoms with Gasteiger partial charge in [-0.05, 0) is 17.7 Å². The van der Waals surface area contributed by atoms with Crippen LogP contribution in [-0.4, -0.2) is 16.7 Å². The molecule has 2 aromatic rings. The number of benzene rings is 1. The molecule has 0 saturated heterocycles. The summed E-state index contributed by atoms with van der Waals surface area (Å²) in [6.07, 6.45) is 0. The number of halogens is 1. The van der Waals surface area contributed by atoms with E-state index in [-0.39, 0.29) is 5.41 Å². The molecule has 0 aliphatic carbocycles.